The van der Waals surface area contributed by atoms with Crippen LogP contribution < -0.4 is 5.56 Å². The van der Waals surface area contributed by atoms with Gasteiger partial charge in [0.1, 0.15) is 10.6 Å². The Morgan fingerprint density at radius 1 is 1.28 bits per heavy atom. The first-order valence-corrected chi connectivity index (χ1v) is 12.3. The molecular formula is C24H22N2O4S2. The Kier molecular flexibility index (Phi) is 5.65. The number of thioether (sulfide) groups is 1. The number of thiophene rings is 1. The molecule has 0 aliphatic heterocycles. The molecule has 0 fully saturated rings. The quantitative estimate of drug-likeness (QED) is 0.227. The van der Waals surface area contributed by atoms with Gasteiger partial charge in [-0.25, -0.2) is 9.78 Å². The van der Waals surface area contributed by atoms with Crippen LogP contribution >= 0.6 is 23.1 Å². The number of furan rings is 1. The molecule has 0 spiro atoms. The molecule has 0 bridgehead atoms. The van der Waals surface area contributed by atoms with Gasteiger partial charge in [0.2, 0.25) is 5.76 Å². The van der Waals surface area contributed by atoms with Gasteiger partial charge in [0, 0.05) is 4.88 Å². The van der Waals surface area contributed by atoms with Crippen molar-refractivity contribution in [2.75, 3.05) is 7.11 Å². The summed E-state index contributed by atoms with van der Waals surface area (Å²) < 4.78 is 12.0. The van der Waals surface area contributed by atoms with Crippen molar-refractivity contribution in [1.29, 1.82) is 0 Å². The number of carbonyl (C=O) groups excluding carboxylic acids is 1. The number of fused-ring (bicyclic) bond motifs is 3. The number of methoxy groups -OCH3 is 1. The molecule has 1 aliphatic rings. The second-order valence-electron chi connectivity index (χ2n) is 7.95. The molecule has 1 aliphatic carbocycles. The summed E-state index contributed by atoms with van der Waals surface area (Å²) in [5.41, 5.74) is 1.94. The SMILES string of the molecule is COC(=O)c1ccc(CSc2nc3sc4c(c3c(=O)n2-c2ccccc2)CC[C@@H](C)C4)o1. The Hall–Kier alpha value is -2.84. The van der Waals surface area contributed by atoms with Gasteiger partial charge < -0.3 is 9.15 Å². The third kappa shape index (κ3) is 3.78. The summed E-state index contributed by atoms with van der Waals surface area (Å²) in [6.07, 6.45) is 3.03. The molecule has 3 heterocycles. The minimum atomic E-state index is -0.514. The van der Waals surface area contributed by atoms with E-state index in [2.05, 4.69) is 6.92 Å². The fourth-order valence-corrected chi connectivity index (χ4v) is 6.41. The molecule has 164 valence electrons. The Balaban J connectivity index is 1.58. The molecule has 0 unspecified atom stereocenters. The second-order valence-corrected chi connectivity index (χ2v) is 9.97. The van der Waals surface area contributed by atoms with Crippen LogP contribution in [0.1, 0.15) is 40.1 Å². The summed E-state index contributed by atoms with van der Waals surface area (Å²) in [6.45, 7) is 2.26. The molecule has 8 heteroatoms. The van der Waals surface area contributed by atoms with E-state index in [1.54, 1.807) is 28.0 Å². The third-order valence-electron chi connectivity index (χ3n) is 5.70. The van der Waals surface area contributed by atoms with E-state index in [4.69, 9.17) is 14.1 Å². The van der Waals surface area contributed by atoms with Crippen LogP contribution in [0.25, 0.3) is 15.9 Å². The number of benzene rings is 1. The van der Waals surface area contributed by atoms with Crippen LogP contribution in [0.4, 0.5) is 0 Å². The predicted molar refractivity (Wildman–Crippen MR) is 126 cm³/mol. The number of carbonyl (C=O) groups is 1. The number of para-hydroxylation sites is 1. The van der Waals surface area contributed by atoms with Crippen molar-refractivity contribution in [3.05, 3.63) is 74.8 Å². The maximum Gasteiger partial charge on any atom is 0.373 e. The van der Waals surface area contributed by atoms with Crippen molar-refractivity contribution in [1.82, 2.24) is 9.55 Å². The molecule has 6 nitrogen and oxygen atoms in total. The molecule has 32 heavy (non-hydrogen) atoms. The maximum absolute atomic E-state index is 13.7. The van der Waals surface area contributed by atoms with Crippen molar-refractivity contribution < 1.29 is 13.9 Å². The minimum absolute atomic E-state index is 0.0227. The molecule has 0 amide bonds. The highest BCUT2D eigenvalue weighted by atomic mass is 32.2. The monoisotopic (exact) mass is 466 g/mol. The topological polar surface area (TPSA) is 74.3 Å². The number of aryl methyl sites for hydroxylation is 1. The van der Waals surface area contributed by atoms with Gasteiger partial charge in [-0.05, 0) is 55.0 Å². The van der Waals surface area contributed by atoms with E-state index in [0.29, 0.717) is 22.6 Å². The highest BCUT2D eigenvalue weighted by Gasteiger charge is 2.25. The average molecular weight is 467 g/mol. The molecule has 0 saturated carbocycles. The van der Waals surface area contributed by atoms with E-state index < -0.39 is 5.97 Å². The van der Waals surface area contributed by atoms with E-state index in [-0.39, 0.29) is 11.3 Å². The van der Waals surface area contributed by atoms with Gasteiger partial charge in [0.15, 0.2) is 5.16 Å². The van der Waals surface area contributed by atoms with Crippen LogP contribution in [0.3, 0.4) is 0 Å². The van der Waals surface area contributed by atoms with Crippen molar-refractivity contribution in [3.63, 3.8) is 0 Å². The number of nitrogens with zero attached hydrogens (tertiary/aromatic N) is 2. The first kappa shape index (κ1) is 21.0. The van der Waals surface area contributed by atoms with E-state index in [0.717, 1.165) is 35.2 Å². The highest BCUT2D eigenvalue weighted by Crippen LogP contribution is 2.37. The lowest BCUT2D eigenvalue weighted by atomic mass is 9.89. The summed E-state index contributed by atoms with van der Waals surface area (Å²) in [6, 6.07) is 12.9. The summed E-state index contributed by atoms with van der Waals surface area (Å²) in [5.74, 6) is 1.32. The largest absolute Gasteiger partial charge is 0.463 e. The van der Waals surface area contributed by atoms with Gasteiger partial charge in [-0.3, -0.25) is 9.36 Å². The average Bonchev–Trinajstić information content (AvgIpc) is 3.42. The standard InChI is InChI=1S/C24H22N2O4S2/c1-14-8-10-17-19(12-14)32-21-20(17)22(27)26(15-6-4-3-5-7-15)24(25-21)31-13-16-9-11-18(30-16)23(28)29-2/h3-7,9,11,14H,8,10,12-13H2,1-2H3/t14-/m1/s1. The number of aromatic nitrogens is 2. The lowest BCUT2D eigenvalue weighted by Crippen LogP contribution is -2.22. The highest BCUT2D eigenvalue weighted by molar-refractivity contribution is 7.98. The number of rotatable bonds is 5. The van der Waals surface area contributed by atoms with Crippen LogP contribution in [0.5, 0.6) is 0 Å². The van der Waals surface area contributed by atoms with E-state index >= 15 is 0 Å². The smallest absolute Gasteiger partial charge is 0.373 e. The predicted octanol–water partition coefficient (Wildman–Crippen LogP) is 5.24. The van der Waals surface area contributed by atoms with Gasteiger partial charge in [0.25, 0.3) is 5.56 Å². The van der Waals surface area contributed by atoms with Gasteiger partial charge in [-0.1, -0.05) is 36.9 Å². The Morgan fingerprint density at radius 3 is 2.88 bits per heavy atom. The van der Waals surface area contributed by atoms with Crippen molar-refractivity contribution in [2.24, 2.45) is 5.92 Å². The third-order valence-corrected chi connectivity index (χ3v) is 7.81. The normalized spacial score (nSPS) is 15.6. The van der Waals surface area contributed by atoms with E-state index in [1.807, 2.05) is 30.3 Å². The molecule has 0 radical (unpaired) electrons. The van der Waals surface area contributed by atoms with Crippen LogP contribution in [-0.4, -0.2) is 22.6 Å². The fraction of sp³-hybridized carbons (Fsp3) is 0.292. The Labute approximate surface area is 193 Å². The summed E-state index contributed by atoms with van der Waals surface area (Å²) in [4.78, 5) is 32.4. The Morgan fingerprint density at radius 2 is 2.09 bits per heavy atom. The molecular weight excluding hydrogens is 444 g/mol. The molecule has 1 aromatic carbocycles. The molecule has 0 saturated heterocycles. The zero-order valence-electron chi connectivity index (χ0n) is 17.8. The summed E-state index contributed by atoms with van der Waals surface area (Å²) >= 11 is 3.06. The van der Waals surface area contributed by atoms with Crippen molar-refractivity contribution in [3.8, 4) is 5.69 Å². The second kappa shape index (κ2) is 8.60. The van der Waals surface area contributed by atoms with Gasteiger partial charge in [-0.2, -0.15) is 0 Å². The Bertz CT molecular complexity index is 1350. The number of ether oxygens (including phenoxy) is 1. The van der Waals surface area contributed by atoms with Gasteiger partial charge in [0.05, 0.1) is 23.9 Å². The summed E-state index contributed by atoms with van der Waals surface area (Å²) in [7, 11) is 1.32. The molecule has 1 atom stereocenters. The number of hydrogen-bond donors (Lipinski definition) is 0. The number of hydrogen-bond acceptors (Lipinski definition) is 7. The van der Waals surface area contributed by atoms with E-state index in [9.17, 15) is 9.59 Å². The van der Waals surface area contributed by atoms with Crippen molar-refractivity contribution in [2.45, 2.75) is 37.1 Å². The summed E-state index contributed by atoms with van der Waals surface area (Å²) in [5, 5.41) is 1.37. The molecule has 3 aromatic heterocycles. The van der Waals surface area contributed by atoms with Crippen LogP contribution in [0.2, 0.25) is 0 Å². The zero-order chi connectivity index (χ0) is 22.2. The lowest BCUT2D eigenvalue weighted by molar-refractivity contribution is 0.0563. The van der Waals surface area contributed by atoms with E-state index in [1.165, 1.54) is 29.3 Å². The minimum Gasteiger partial charge on any atom is -0.463 e. The molecule has 4 aromatic rings. The lowest BCUT2D eigenvalue weighted by Gasteiger charge is -2.17. The van der Waals surface area contributed by atoms with Gasteiger partial charge in [-0.15, -0.1) is 11.3 Å². The molecule has 0 N–H and O–H groups in total. The maximum atomic E-state index is 13.7. The first-order valence-electron chi connectivity index (χ1n) is 10.5. The zero-order valence-corrected chi connectivity index (χ0v) is 19.4. The van der Waals surface area contributed by atoms with Gasteiger partial charge >= 0.3 is 5.97 Å². The molecule has 5 rings (SSSR count). The van der Waals surface area contributed by atoms with Crippen LogP contribution in [0, 0.1) is 5.92 Å². The van der Waals surface area contributed by atoms with Crippen molar-refractivity contribution >= 4 is 39.3 Å². The fourth-order valence-electron chi connectivity index (χ4n) is 4.07. The first-order chi connectivity index (χ1) is 15.5. The number of esters is 1. The van der Waals surface area contributed by atoms with Crippen LogP contribution in [-0.2, 0) is 23.3 Å². The van der Waals surface area contributed by atoms with Crippen LogP contribution in [0.15, 0.2) is 56.8 Å².